The fourth-order valence-electron chi connectivity index (χ4n) is 7.97. The van der Waals surface area contributed by atoms with Gasteiger partial charge in [-0.25, -0.2) is 9.97 Å². The lowest BCUT2D eigenvalue weighted by Crippen LogP contribution is -1.97. The minimum atomic E-state index is 0.724. The van der Waals surface area contributed by atoms with E-state index < -0.39 is 0 Å². The molecule has 5 heteroatoms. The number of aromatic nitrogens is 4. The smallest absolute Gasteiger partial charge is 0.161 e. The Bertz CT molecular complexity index is 3130. The van der Waals surface area contributed by atoms with Crippen LogP contribution in [-0.4, -0.2) is 19.1 Å². The minimum absolute atomic E-state index is 0.724. The van der Waals surface area contributed by atoms with Gasteiger partial charge in [0, 0.05) is 59.5 Å². The summed E-state index contributed by atoms with van der Waals surface area (Å²) in [5.41, 5.74) is 10.00. The highest BCUT2D eigenvalue weighted by Gasteiger charge is 2.22. The molecule has 0 aliphatic heterocycles. The first-order valence-corrected chi connectivity index (χ1v) is 18.0. The molecule has 0 N–H and O–H groups in total. The Morgan fingerprint density at radius 3 is 1.88 bits per heavy atom. The van der Waals surface area contributed by atoms with Gasteiger partial charge in [-0.2, -0.15) is 0 Å². The first-order chi connectivity index (χ1) is 25.3. The van der Waals surface area contributed by atoms with Gasteiger partial charge < -0.3 is 9.13 Å². The van der Waals surface area contributed by atoms with E-state index in [1.54, 1.807) is 11.3 Å². The Balaban J connectivity index is 1.18. The molecular formula is C46H28N4S. The quantitative estimate of drug-likeness (QED) is 0.187. The molecule has 7 aromatic carbocycles. The molecule has 11 aromatic rings. The van der Waals surface area contributed by atoms with Crippen LogP contribution in [0.25, 0.3) is 97.9 Å². The fraction of sp³-hybridized carbons (Fsp3) is 0. The molecule has 4 heterocycles. The molecule has 0 bridgehead atoms. The van der Waals surface area contributed by atoms with E-state index in [4.69, 9.17) is 9.97 Å². The van der Waals surface area contributed by atoms with Crippen molar-refractivity contribution in [3.63, 3.8) is 0 Å². The van der Waals surface area contributed by atoms with Crippen LogP contribution in [-0.2, 0) is 0 Å². The van der Waals surface area contributed by atoms with Crippen molar-refractivity contribution in [2.24, 2.45) is 0 Å². The average molecular weight is 669 g/mol. The predicted octanol–water partition coefficient (Wildman–Crippen LogP) is 12.4. The zero-order valence-corrected chi connectivity index (χ0v) is 28.2. The predicted molar refractivity (Wildman–Crippen MR) is 214 cm³/mol. The molecule has 11 rings (SSSR count). The molecule has 0 saturated carbocycles. The molecule has 0 aliphatic rings. The lowest BCUT2D eigenvalue weighted by molar-refractivity contribution is 1.17. The van der Waals surface area contributed by atoms with Gasteiger partial charge in [0.25, 0.3) is 0 Å². The van der Waals surface area contributed by atoms with E-state index in [-0.39, 0.29) is 0 Å². The van der Waals surface area contributed by atoms with Gasteiger partial charge in [-0.05, 0) is 48.5 Å². The van der Waals surface area contributed by atoms with E-state index in [9.17, 15) is 0 Å². The molecule has 0 unspecified atom stereocenters. The summed E-state index contributed by atoms with van der Waals surface area (Å²) in [7, 11) is 0. The van der Waals surface area contributed by atoms with E-state index in [2.05, 4.69) is 179 Å². The molecule has 0 spiro atoms. The third kappa shape index (κ3) is 4.19. The largest absolute Gasteiger partial charge is 0.309 e. The number of para-hydroxylation sites is 3. The molecular weight excluding hydrogens is 641 g/mol. The van der Waals surface area contributed by atoms with Crippen LogP contribution in [0.5, 0.6) is 0 Å². The van der Waals surface area contributed by atoms with Crippen molar-refractivity contribution in [3.8, 4) is 34.0 Å². The standard InChI is InChI=1S/C46H28N4S/c1-3-14-29(15-4-1)43-42-36-22-9-12-25-40(36)51-46(42)48-45(47-43)30-16-13-19-32(28-30)49-38-24-11-8-21-35(38)41-39(49)27-26-34-33-20-7-10-23-37(33)50(44(34)41)31-17-5-2-6-18-31/h1-28H. The molecule has 238 valence electrons. The first kappa shape index (κ1) is 28.3. The Morgan fingerprint density at radius 1 is 0.412 bits per heavy atom. The van der Waals surface area contributed by atoms with Gasteiger partial charge in [-0.15, -0.1) is 11.3 Å². The molecule has 0 fully saturated rings. The Labute approximate surface area is 297 Å². The van der Waals surface area contributed by atoms with Crippen LogP contribution in [0.2, 0.25) is 0 Å². The molecule has 4 aromatic heterocycles. The van der Waals surface area contributed by atoms with E-state index in [0.29, 0.717) is 0 Å². The normalized spacial score (nSPS) is 11.9. The van der Waals surface area contributed by atoms with E-state index in [1.807, 2.05) is 0 Å². The second-order valence-electron chi connectivity index (χ2n) is 13.0. The molecule has 0 radical (unpaired) electrons. The van der Waals surface area contributed by atoms with Gasteiger partial charge in [0.05, 0.1) is 27.8 Å². The van der Waals surface area contributed by atoms with E-state index in [0.717, 1.165) is 55.3 Å². The Kier molecular flexibility index (Phi) is 6.09. The zero-order valence-electron chi connectivity index (χ0n) is 27.4. The van der Waals surface area contributed by atoms with Crippen LogP contribution >= 0.6 is 11.3 Å². The lowest BCUT2D eigenvalue weighted by atomic mass is 10.1. The fourth-order valence-corrected chi connectivity index (χ4v) is 9.05. The minimum Gasteiger partial charge on any atom is -0.309 e. The van der Waals surface area contributed by atoms with Crippen LogP contribution in [0.3, 0.4) is 0 Å². The summed E-state index contributed by atoms with van der Waals surface area (Å²) in [6.07, 6.45) is 0. The Morgan fingerprint density at radius 2 is 1.06 bits per heavy atom. The number of rotatable bonds is 4. The maximum absolute atomic E-state index is 5.30. The summed E-state index contributed by atoms with van der Waals surface area (Å²) in [6.45, 7) is 0. The topological polar surface area (TPSA) is 35.6 Å². The third-order valence-corrected chi connectivity index (χ3v) is 11.2. The number of fused-ring (bicyclic) bond motifs is 10. The number of hydrogen-bond donors (Lipinski definition) is 0. The molecule has 0 amide bonds. The second-order valence-corrected chi connectivity index (χ2v) is 14.0. The summed E-state index contributed by atoms with van der Waals surface area (Å²) < 4.78 is 6.05. The lowest BCUT2D eigenvalue weighted by Gasteiger charge is -2.12. The van der Waals surface area contributed by atoms with Gasteiger partial charge in [-0.3, -0.25) is 0 Å². The molecule has 4 nitrogen and oxygen atoms in total. The van der Waals surface area contributed by atoms with Crippen molar-refractivity contribution < 1.29 is 0 Å². The number of nitrogens with zero attached hydrogens (tertiary/aromatic N) is 4. The summed E-state index contributed by atoms with van der Waals surface area (Å²) in [5, 5.41) is 7.26. The van der Waals surface area contributed by atoms with Gasteiger partial charge in [0.15, 0.2) is 5.82 Å². The van der Waals surface area contributed by atoms with Crippen molar-refractivity contribution in [3.05, 3.63) is 170 Å². The highest BCUT2D eigenvalue weighted by atomic mass is 32.1. The highest BCUT2D eigenvalue weighted by molar-refractivity contribution is 7.25. The summed E-state index contributed by atoms with van der Waals surface area (Å²) in [6, 6.07) is 60.5. The molecule has 0 saturated heterocycles. The van der Waals surface area contributed by atoms with Crippen molar-refractivity contribution in [1.82, 2.24) is 19.1 Å². The van der Waals surface area contributed by atoms with Crippen LogP contribution in [0.15, 0.2) is 170 Å². The van der Waals surface area contributed by atoms with Crippen molar-refractivity contribution in [1.29, 1.82) is 0 Å². The molecule has 0 atom stereocenters. The second kappa shape index (κ2) is 11.0. The van der Waals surface area contributed by atoms with Crippen LogP contribution in [0, 0.1) is 0 Å². The average Bonchev–Trinajstić information content (AvgIpc) is 3.86. The summed E-state index contributed by atoms with van der Waals surface area (Å²) >= 11 is 1.73. The maximum Gasteiger partial charge on any atom is 0.161 e. The van der Waals surface area contributed by atoms with Crippen LogP contribution in [0.4, 0.5) is 0 Å². The van der Waals surface area contributed by atoms with Gasteiger partial charge in [0.1, 0.15) is 4.83 Å². The Hall–Kier alpha value is -6.56. The van der Waals surface area contributed by atoms with Crippen LogP contribution < -0.4 is 0 Å². The van der Waals surface area contributed by atoms with Gasteiger partial charge >= 0.3 is 0 Å². The monoisotopic (exact) mass is 668 g/mol. The number of benzene rings is 7. The summed E-state index contributed by atoms with van der Waals surface area (Å²) in [4.78, 5) is 11.5. The summed E-state index contributed by atoms with van der Waals surface area (Å²) in [5.74, 6) is 0.724. The third-order valence-electron chi connectivity index (χ3n) is 10.1. The van der Waals surface area contributed by atoms with Crippen LogP contribution in [0.1, 0.15) is 0 Å². The maximum atomic E-state index is 5.30. The zero-order chi connectivity index (χ0) is 33.5. The van der Waals surface area contributed by atoms with E-state index >= 15 is 0 Å². The van der Waals surface area contributed by atoms with Crippen molar-refractivity contribution >= 4 is 75.3 Å². The number of hydrogen-bond acceptors (Lipinski definition) is 3. The van der Waals surface area contributed by atoms with Gasteiger partial charge in [-0.1, -0.05) is 121 Å². The van der Waals surface area contributed by atoms with Crippen molar-refractivity contribution in [2.75, 3.05) is 0 Å². The SMILES string of the molecule is c1ccc(-c2nc(-c3cccc(-n4c5ccccc5c5c4ccc4c6ccccc6n(-c6ccccc6)c45)c3)nc3sc4ccccc4c23)cc1. The molecule has 51 heavy (non-hydrogen) atoms. The highest BCUT2D eigenvalue weighted by Crippen LogP contribution is 2.43. The number of thiophene rings is 1. The van der Waals surface area contributed by atoms with E-state index in [1.165, 1.54) is 42.7 Å². The first-order valence-electron chi connectivity index (χ1n) is 17.2. The van der Waals surface area contributed by atoms with Gasteiger partial charge in [0.2, 0.25) is 0 Å². The molecule has 0 aliphatic carbocycles. The van der Waals surface area contributed by atoms with Crippen molar-refractivity contribution in [2.45, 2.75) is 0 Å².